The lowest BCUT2D eigenvalue weighted by atomic mass is 9.91. The Kier molecular flexibility index (Phi) is 5.61. The summed E-state index contributed by atoms with van der Waals surface area (Å²) in [5, 5.41) is 0. The van der Waals surface area contributed by atoms with E-state index in [0.29, 0.717) is 7.92 Å². The molecule has 1 aliphatic heterocycles. The van der Waals surface area contributed by atoms with Gasteiger partial charge in [0.05, 0.1) is 0 Å². The Morgan fingerprint density at radius 2 is 1.87 bits per heavy atom. The van der Waals surface area contributed by atoms with Gasteiger partial charge in [0, 0.05) is 0 Å². The van der Waals surface area contributed by atoms with Crippen LogP contribution in [-0.2, 0) is 0 Å². The van der Waals surface area contributed by atoms with E-state index in [1.165, 1.54) is 32.1 Å². The third kappa shape index (κ3) is 3.74. The van der Waals surface area contributed by atoms with Crippen molar-refractivity contribution >= 4 is 7.92 Å². The molecule has 1 aliphatic rings. The lowest BCUT2D eigenvalue weighted by Gasteiger charge is -2.28. The van der Waals surface area contributed by atoms with Crippen LogP contribution in [0.15, 0.2) is 0 Å². The summed E-state index contributed by atoms with van der Waals surface area (Å²) < 4.78 is 0. The summed E-state index contributed by atoms with van der Waals surface area (Å²) in [6.07, 6.45) is 7.37. The summed E-state index contributed by atoms with van der Waals surface area (Å²) in [5.74, 6) is 1.93. The van der Waals surface area contributed by atoms with E-state index in [2.05, 4.69) is 34.4 Å². The van der Waals surface area contributed by atoms with Gasteiger partial charge in [0.15, 0.2) is 0 Å². The molecule has 1 fully saturated rings. The maximum atomic E-state index is 2.55. The van der Waals surface area contributed by atoms with Gasteiger partial charge < -0.3 is 0 Å². The zero-order valence-electron chi connectivity index (χ0n) is 11.3. The average molecular weight is 228 g/mol. The molecule has 1 rings (SSSR count). The van der Waals surface area contributed by atoms with Gasteiger partial charge >= 0.3 is 0 Å². The van der Waals surface area contributed by atoms with Crippen LogP contribution in [-0.4, -0.2) is 18.0 Å². The first-order valence-corrected chi connectivity index (χ1v) is 8.70. The third-order valence-corrected chi connectivity index (χ3v) is 7.66. The van der Waals surface area contributed by atoms with E-state index in [1.54, 1.807) is 0 Å². The normalized spacial score (nSPS) is 33.6. The lowest BCUT2D eigenvalue weighted by Crippen LogP contribution is -2.16. The molecule has 0 nitrogen and oxygen atoms in total. The first-order valence-electron chi connectivity index (χ1n) is 6.78. The molecule has 0 saturated carbocycles. The van der Waals surface area contributed by atoms with Crippen LogP contribution in [0, 0.1) is 11.8 Å². The van der Waals surface area contributed by atoms with E-state index in [-0.39, 0.29) is 0 Å². The van der Waals surface area contributed by atoms with Gasteiger partial charge in [-0.3, -0.25) is 0 Å². The van der Waals surface area contributed by atoms with Crippen molar-refractivity contribution in [1.82, 2.24) is 0 Å². The molecule has 90 valence electrons. The molecule has 0 bridgehead atoms. The fourth-order valence-corrected chi connectivity index (χ4v) is 5.72. The summed E-state index contributed by atoms with van der Waals surface area (Å²) in [4.78, 5) is 0. The first-order chi connectivity index (χ1) is 7.06. The Morgan fingerprint density at radius 1 is 1.20 bits per heavy atom. The van der Waals surface area contributed by atoms with Crippen molar-refractivity contribution in [2.24, 2.45) is 11.8 Å². The molecule has 0 radical (unpaired) electrons. The molecule has 4 unspecified atom stereocenters. The van der Waals surface area contributed by atoms with Crippen molar-refractivity contribution in [3.63, 3.8) is 0 Å². The molecule has 4 atom stereocenters. The number of rotatable bonds is 5. The minimum atomic E-state index is 0.334. The summed E-state index contributed by atoms with van der Waals surface area (Å²) in [7, 11) is 0.334. The second-order valence-corrected chi connectivity index (χ2v) is 8.67. The Bertz CT molecular complexity index is 176. The van der Waals surface area contributed by atoms with E-state index < -0.39 is 0 Å². The SMILES string of the molecule is CCC(CCC(C)C)C1CCC(C)P1C. The molecule has 1 saturated heterocycles. The fourth-order valence-electron chi connectivity index (χ4n) is 2.93. The van der Waals surface area contributed by atoms with Gasteiger partial charge in [-0.05, 0) is 49.1 Å². The zero-order chi connectivity index (χ0) is 11.4. The molecule has 0 aromatic heterocycles. The predicted molar refractivity (Wildman–Crippen MR) is 73.2 cm³/mol. The van der Waals surface area contributed by atoms with E-state index in [0.717, 1.165) is 23.2 Å². The topological polar surface area (TPSA) is 0 Å². The molecular weight excluding hydrogens is 199 g/mol. The van der Waals surface area contributed by atoms with Crippen molar-refractivity contribution in [2.75, 3.05) is 6.66 Å². The molecule has 1 heteroatoms. The van der Waals surface area contributed by atoms with Gasteiger partial charge in [-0.1, -0.05) is 40.5 Å². The van der Waals surface area contributed by atoms with Crippen LogP contribution in [0.1, 0.15) is 59.8 Å². The molecule has 0 aromatic carbocycles. The summed E-state index contributed by atoms with van der Waals surface area (Å²) >= 11 is 0. The maximum absolute atomic E-state index is 2.55. The number of hydrogen-bond donors (Lipinski definition) is 0. The van der Waals surface area contributed by atoms with Gasteiger partial charge in [-0.15, -0.1) is 7.92 Å². The fraction of sp³-hybridized carbons (Fsp3) is 1.00. The quantitative estimate of drug-likeness (QED) is 0.573. The van der Waals surface area contributed by atoms with E-state index in [4.69, 9.17) is 0 Å². The van der Waals surface area contributed by atoms with Crippen LogP contribution in [0.5, 0.6) is 0 Å². The molecule has 0 spiro atoms. The highest BCUT2D eigenvalue weighted by Gasteiger charge is 2.33. The first kappa shape index (κ1) is 13.5. The van der Waals surface area contributed by atoms with Crippen LogP contribution in [0.3, 0.4) is 0 Å². The Balaban J connectivity index is 2.44. The highest BCUT2D eigenvalue weighted by Crippen LogP contribution is 2.56. The van der Waals surface area contributed by atoms with Crippen LogP contribution in [0.4, 0.5) is 0 Å². The molecule has 0 aliphatic carbocycles. The van der Waals surface area contributed by atoms with E-state index in [1.807, 2.05) is 0 Å². The van der Waals surface area contributed by atoms with E-state index >= 15 is 0 Å². The standard InChI is InChI=1S/C14H29P/c1-6-13(9-7-11(2)3)14-10-8-12(4)15(14)5/h11-14H,6-10H2,1-5H3. The molecular formula is C14H29P. The van der Waals surface area contributed by atoms with Crippen LogP contribution < -0.4 is 0 Å². The molecule has 15 heavy (non-hydrogen) atoms. The molecule has 0 N–H and O–H groups in total. The van der Waals surface area contributed by atoms with Gasteiger partial charge in [-0.25, -0.2) is 0 Å². The molecule has 0 amide bonds. The average Bonchev–Trinajstić information content (AvgIpc) is 2.50. The smallest absolute Gasteiger partial charge is 0.0181 e. The maximum Gasteiger partial charge on any atom is -0.0181 e. The Morgan fingerprint density at radius 3 is 2.27 bits per heavy atom. The van der Waals surface area contributed by atoms with Crippen molar-refractivity contribution in [1.29, 1.82) is 0 Å². The van der Waals surface area contributed by atoms with Crippen molar-refractivity contribution in [3.8, 4) is 0 Å². The summed E-state index contributed by atoms with van der Waals surface area (Å²) in [6, 6.07) is 0. The zero-order valence-corrected chi connectivity index (χ0v) is 12.2. The van der Waals surface area contributed by atoms with Gasteiger partial charge in [0.1, 0.15) is 0 Å². The van der Waals surface area contributed by atoms with Gasteiger partial charge in [0.2, 0.25) is 0 Å². The Hall–Kier alpha value is 0.430. The van der Waals surface area contributed by atoms with Gasteiger partial charge in [-0.2, -0.15) is 0 Å². The second kappa shape index (κ2) is 6.24. The minimum absolute atomic E-state index is 0.334. The van der Waals surface area contributed by atoms with Crippen molar-refractivity contribution < 1.29 is 0 Å². The number of hydrogen-bond acceptors (Lipinski definition) is 0. The van der Waals surface area contributed by atoms with Crippen LogP contribution in [0.25, 0.3) is 0 Å². The van der Waals surface area contributed by atoms with E-state index in [9.17, 15) is 0 Å². The highest BCUT2D eigenvalue weighted by molar-refractivity contribution is 7.58. The summed E-state index contributed by atoms with van der Waals surface area (Å²) in [5.41, 5.74) is 2.14. The molecule has 0 aromatic rings. The van der Waals surface area contributed by atoms with Crippen LogP contribution in [0.2, 0.25) is 0 Å². The minimum Gasteiger partial charge on any atom is -0.104 e. The Labute approximate surface area is 98.0 Å². The van der Waals surface area contributed by atoms with Crippen molar-refractivity contribution in [2.45, 2.75) is 71.1 Å². The summed E-state index contributed by atoms with van der Waals surface area (Å²) in [6.45, 7) is 12.1. The van der Waals surface area contributed by atoms with Crippen molar-refractivity contribution in [3.05, 3.63) is 0 Å². The molecule has 1 heterocycles. The monoisotopic (exact) mass is 228 g/mol. The second-order valence-electron chi connectivity index (χ2n) is 5.80. The highest BCUT2D eigenvalue weighted by atomic mass is 31.1. The van der Waals surface area contributed by atoms with Crippen LogP contribution >= 0.6 is 7.92 Å². The van der Waals surface area contributed by atoms with Gasteiger partial charge in [0.25, 0.3) is 0 Å². The largest absolute Gasteiger partial charge is 0.104 e. The predicted octanol–water partition coefficient (Wildman–Crippen LogP) is 5.11. The lowest BCUT2D eigenvalue weighted by molar-refractivity contribution is 0.393. The third-order valence-electron chi connectivity index (χ3n) is 4.28.